The number of phenolic OH excluding ortho intramolecular Hbond substituents is 1. The van der Waals surface area contributed by atoms with Crippen molar-refractivity contribution >= 4 is 88.4 Å². The molecule has 0 unspecified atom stereocenters. The molecule has 1 aromatic heterocycles. The highest BCUT2D eigenvalue weighted by Gasteiger charge is 2.32. The minimum Gasteiger partial charge on any atom is -0.505 e. The minimum atomic E-state index is 0.257. The average Bonchev–Trinajstić information content (AvgIpc) is 1.78. The van der Waals surface area contributed by atoms with Gasteiger partial charge in [0.2, 0.25) is 0 Å². The summed E-state index contributed by atoms with van der Waals surface area (Å²) in [4.78, 5) is 4.93. The number of hydrogen-bond acceptors (Lipinski definition) is 4. The number of aryl methyl sites for hydroxylation is 6. The van der Waals surface area contributed by atoms with Gasteiger partial charge in [-0.05, 0) is 221 Å². The summed E-state index contributed by atoms with van der Waals surface area (Å²) >= 11 is 0. The van der Waals surface area contributed by atoms with Crippen LogP contribution in [0.3, 0.4) is 0 Å². The summed E-state index contributed by atoms with van der Waals surface area (Å²) in [5, 5.41) is 23.1. The topological polar surface area (TPSA) is 39.9 Å². The van der Waals surface area contributed by atoms with Crippen molar-refractivity contribution in [1.82, 2.24) is 0 Å². The molecule has 0 amide bonds. The van der Waals surface area contributed by atoms with E-state index in [9.17, 15) is 5.11 Å². The highest BCUT2D eigenvalue weighted by Crippen LogP contribution is 2.56. The van der Waals surface area contributed by atoms with Gasteiger partial charge in [0, 0.05) is 44.0 Å². The third kappa shape index (κ3) is 8.78. The van der Waals surface area contributed by atoms with Crippen molar-refractivity contribution in [2.24, 2.45) is 0 Å². The standard InChI is InChI=1S/C81H72N2O2/c1-7-54-21-13-15-29-62(54)66-31-17-32-67-68-33-19-35-74(81(68)85-80(66)67)83(60-39-37-50(3)53(6)45-60)76-48-72(56-24-11-12-25-56)65-40-42-69-75(47-71(55-22-9-10-23-55)64-41-43-70(76)78(65)77(64)69)82(59-38-36-49(2)52(5)44-59)73-34-18-30-63(79(73)84)58-27-16-26-57(46-58)61-28-14-8-20-51(61)4/h8,13-21,26-48,55-56,84H,7,9-12,22-25H2,1-6H3. The van der Waals surface area contributed by atoms with Gasteiger partial charge in [-0.1, -0.05) is 178 Å². The van der Waals surface area contributed by atoms with Crippen LogP contribution in [0.2, 0.25) is 0 Å². The molecule has 418 valence electrons. The van der Waals surface area contributed by atoms with E-state index in [0.717, 1.165) is 110 Å². The van der Waals surface area contributed by atoms with Gasteiger partial charge in [0.25, 0.3) is 0 Å². The van der Waals surface area contributed by atoms with E-state index in [1.165, 1.54) is 114 Å². The number of rotatable bonds is 12. The first-order chi connectivity index (χ1) is 41.6. The summed E-state index contributed by atoms with van der Waals surface area (Å²) in [7, 11) is 0. The largest absolute Gasteiger partial charge is 0.505 e. The fourth-order valence-corrected chi connectivity index (χ4v) is 15.1. The number of phenols is 1. The molecule has 12 aromatic carbocycles. The van der Waals surface area contributed by atoms with Crippen molar-refractivity contribution in [1.29, 1.82) is 0 Å². The van der Waals surface area contributed by atoms with Gasteiger partial charge >= 0.3 is 0 Å². The van der Waals surface area contributed by atoms with Gasteiger partial charge in [-0.15, -0.1) is 0 Å². The maximum Gasteiger partial charge on any atom is 0.159 e. The number of furan rings is 1. The second-order valence-electron chi connectivity index (χ2n) is 24.7. The number of para-hydroxylation sites is 3. The van der Waals surface area contributed by atoms with E-state index >= 15 is 0 Å². The highest BCUT2D eigenvalue weighted by molar-refractivity contribution is 6.30. The predicted molar refractivity (Wildman–Crippen MR) is 360 cm³/mol. The van der Waals surface area contributed by atoms with E-state index in [2.05, 4.69) is 252 Å². The lowest BCUT2D eigenvalue weighted by molar-refractivity contribution is 0.478. The van der Waals surface area contributed by atoms with E-state index in [-0.39, 0.29) is 5.75 Å². The Morgan fingerprint density at radius 2 is 0.859 bits per heavy atom. The van der Waals surface area contributed by atoms with Crippen LogP contribution >= 0.6 is 0 Å². The summed E-state index contributed by atoms with van der Waals surface area (Å²) < 4.78 is 7.43. The summed E-state index contributed by atoms with van der Waals surface area (Å²) in [6.45, 7) is 13.3. The van der Waals surface area contributed by atoms with Gasteiger partial charge in [-0.3, -0.25) is 0 Å². The second-order valence-corrected chi connectivity index (χ2v) is 24.7. The Kier molecular flexibility index (Phi) is 13.1. The molecule has 1 N–H and O–H groups in total. The van der Waals surface area contributed by atoms with Crippen molar-refractivity contribution < 1.29 is 9.52 Å². The normalized spacial score (nSPS) is 14.1. The third-order valence-electron chi connectivity index (χ3n) is 19.8. The molecule has 0 aliphatic heterocycles. The summed E-state index contributed by atoms with van der Waals surface area (Å²) in [6, 6.07) is 74.5. The molecular weight excluding hydrogens is 1030 g/mol. The maximum absolute atomic E-state index is 13.2. The zero-order valence-corrected chi connectivity index (χ0v) is 49.8. The number of nitrogens with zero attached hydrogens (tertiary/aromatic N) is 2. The van der Waals surface area contributed by atoms with Gasteiger partial charge in [-0.25, -0.2) is 0 Å². The monoisotopic (exact) mass is 1100 g/mol. The van der Waals surface area contributed by atoms with Crippen molar-refractivity contribution in [3.63, 3.8) is 0 Å². The zero-order chi connectivity index (χ0) is 57.6. The summed E-state index contributed by atoms with van der Waals surface area (Å²) in [5.74, 6) is 1.07. The lowest BCUT2D eigenvalue weighted by Crippen LogP contribution is -2.14. The van der Waals surface area contributed by atoms with E-state index in [1.807, 2.05) is 0 Å². The lowest BCUT2D eigenvalue weighted by Gasteiger charge is -2.32. The lowest BCUT2D eigenvalue weighted by atomic mass is 9.82. The Labute approximate surface area is 500 Å². The molecule has 0 radical (unpaired) electrons. The second kappa shape index (κ2) is 21.2. The van der Waals surface area contributed by atoms with E-state index in [0.29, 0.717) is 11.8 Å². The van der Waals surface area contributed by atoms with Crippen LogP contribution in [0.4, 0.5) is 34.1 Å². The number of hydrogen-bond donors (Lipinski definition) is 1. The SMILES string of the molecule is CCc1ccccc1-c1cccc2c1oc1c(N(c3ccc(C)c(C)c3)c3cc(C4CCCC4)c4ccc5c(N(c6ccc(C)c(C)c6)c6cccc(-c7cccc(-c8ccccc8C)c7)c6O)cc(C6CCCC6)c6ccc3c4c65)cccc12. The number of anilines is 6. The zero-order valence-electron chi connectivity index (χ0n) is 49.8. The molecular formula is C81H72N2O2. The third-order valence-corrected chi connectivity index (χ3v) is 19.8. The van der Waals surface area contributed by atoms with Crippen LogP contribution < -0.4 is 9.80 Å². The molecule has 13 aromatic rings. The average molecular weight is 1110 g/mol. The Balaban J connectivity index is 1.02. The molecule has 0 spiro atoms. The number of benzene rings is 12. The summed E-state index contributed by atoms with van der Waals surface area (Å²) in [6.07, 6.45) is 10.4. The van der Waals surface area contributed by atoms with Crippen LogP contribution in [0.25, 0.3) is 87.6 Å². The van der Waals surface area contributed by atoms with E-state index in [4.69, 9.17) is 4.42 Å². The van der Waals surface area contributed by atoms with E-state index < -0.39 is 0 Å². The highest BCUT2D eigenvalue weighted by atomic mass is 16.3. The fourth-order valence-electron chi connectivity index (χ4n) is 15.1. The fraction of sp³-hybridized carbons (Fsp3) is 0.210. The van der Waals surface area contributed by atoms with Crippen LogP contribution in [0, 0.1) is 34.6 Å². The minimum absolute atomic E-state index is 0.257. The smallest absolute Gasteiger partial charge is 0.159 e. The molecule has 0 saturated heterocycles. The molecule has 2 aliphatic carbocycles. The van der Waals surface area contributed by atoms with Crippen molar-refractivity contribution in [3.05, 3.63) is 245 Å². The van der Waals surface area contributed by atoms with Gasteiger partial charge < -0.3 is 19.3 Å². The quantitative estimate of drug-likeness (QED) is 0.124. The van der Waals surface area contributed by atoms with Crippen molar-refractivity contribution in [2.45, 2.75) is 111 Å². The van der Waals surface area contributed by atoms with Gasteiger partial charge in [0.1, 0.15) is 11.3 Å². The van der Waals surface area contributed by atoms with Crippen LogP contribution in [0.5, 0.6) is 5.75 Å². The Morgan fingerprint density at radius 1 is 0.376 bits per heavy atom. The predicted octanol–water partition coefficient (Wildman–Crippen LogP) is 23.5. The molecule has 2 saturated carbocycles. The molecule has 1 heterocycles. The van der Waals surface area contributed by atoms with Gasteiger partial charge in [-0.2, -0.15) is 0 Å². The Hall–Kier alpha value is -9.12. The van der Waals surface area contributed by atoms with Crippen LogP contribution in [0.1, 0.15) is 115 Å². The number of aromatic hydroxyl groups is 1. The summed E-state index contributed by atoms with van der Waals surface area (Å²) in [5.41, 5.74) is 24.7. The molecule has 4 nitrogen and oxygen atoms in total. The molecule has 2 fully saturated rings. The van der Waals surface area contributed by atoms with Crippen molar-refractivity contribution in [3.8, 4) is 39.1 Å². The van der Waals surface area contributed by atoms with Crippen LogP contribution in [0.15, 0.2) is 205 Å². The van der Waals surface area contributed by atoms with Gasteiger partial charge in [0.05, 0.1) is 22.7 Å². The Morgan fingerprint density at radius 3 is 1.46 bits per heavy atom. The molecule has 2 aliphatic rings. The first-order valence-corrected chi connectivity index (χ1v) is 31.2. The van der Waals surface area contributed by atoms with Crippen LogP contribution in [-0.2, 0) is 6.42 Å². The number of fused-ring (bicyclic) bond motifs is 3. The molecule has 4 heteroatoms. The molecule has 0 bridgehead atoms. The van der Waals surface area contributed by atoms with Gasteiger partial charge in [0.15, 0.2) is 5.58 Å². The first-order valence-electron chi connectivity index (χ1n) is 31.2. The van der Waals surface area contributed by atoms with E-state index in [1.54, 1.807) is 0 Å². The van der Waals surface area contributed by atoms with Crippen LogP contribution in [-0.4, -0.2) is 5.11 Å². The molecule has 0 atom stereocenters. The maximum atomic E-state index is 13.2. The first kappa shape index (κ1) is 52.7. The molecule has 15 rings (SSSR count). The Bertz CT molecular complexity index is 4760. The molecule has 85 heavy (non-hydrogen) atoms. The van der Waals surface area contributed by atoms with Crippen molar-refractivity contribution in [2.75, 3.05) is 9.80 Å².